The second-order valence-electron chi connectivity index (χ2n) is 15.2. The Hall–Kier alpha value is -3.02. The molecule has 0 aromatic heterocycles. The van der Waals surface area contributed by atoms with Crippen molar-refractivity contribution in [1.82, 2.24) is 0 Å². The number of unbranched alkanes of at least 4 members (excludes halogenated alkanes) is 2. The Labute approximate surface area is 309 Å². The number of benzene rings is 2. The summed E-state index contributed by atoms with van der Waals surface area (Å²) in [6, 6.07) is 12.9. The first-order valence-electron chi connectivity index (χ1n) is 17.8. The summed E-state index contributed by atoms with van der Waals surface area (Å²) in [4.78, 5) is 2.28. The van der Waals surface area contributed by atoms with Gasteiger partial charge in [0.05, 0.1) is 16.9 Å². The van der Waals surface area contributed by atoms with E-state index in [9.17, 15) is 25.9 Å². The minimum Gasteiger partial charge on any atom is -0.344 e. The highest BCUT2D eigenvalue weighted by Crippen LogP contribution is 2.48. The predicted molar refractivity (Wildman–Crippen MR) is 209 cm³/mol. The topological polar surface area (TPSA) is 115 Å². The van der Waals surface area contributed by atoms with Gasteiger partial charge < -0.3 is 4.90 Å². The summed E-state index contributed by atoms with van der Waals surface area (Å²) in [5.41, 5.74) is 10.9. The van der Waals surface area contributed by atoms with E-state index in [0.29, 0.717) is 38.8 Å². The molecule has 2 heterocycles. The molecule has 11 heteroatoms. The van der Waals surface area contributed by atoms with Crippen molar-refractivity contribution in [3.05, 3.63) is 105 Å². The molecule has 0 atom stereocenters. The van der Waals surface area contributed by atoms with Gasteiger partial charge in [0.15, 0.2) is 5.71 Å². The Morgan fingerprint density at radius 2 is 1.43 bits per heavy atom. The molecule has 2 N–H and O–H groups in total. The standard InChI is InChI=1S/C40H51ClN2O6S2/c1-28-14-18-34-32(26-28)39(3,4)36(42(34)22-7-9-24-50(44,45)46)20-16-30-12-11-13-31(38(30)41)17-21-37-40(5,6)33-27-29(2)15-19-35(33)43(37)23-8-10-25-51(47,48)49/h14-21,26-27H,7-13,22-25H2,1-6H3,(H-,44,45,46,47,48,49)/p+1. The summed E-state index contributed by atoms with van der Waals surface area (Å²) < 4.78 is 66.2. The normalized spacial score (nSPS) is 20.3. The number of rotatable bonds is 13. The maximum Gasteiger partial charge on any atom is 0.264 e. The van der Waals surface area contributed by atoms with Crippen molar-refractivity contribution in [3.8, 4) is 0 Å². The molecule has 0 saturated carbocycles. The Kier molecular flexibility index (Phi) is 11.6. The second-order valence-corrected chi connectivity index (χ2v) is 18.8. The van der Waals surface area contributed by atoms with E-state index in [0.717, 1.165) is 58.2 Å². The van der Waals surface area contributed by atoms with Gasteiger partial charge >= 0.3 is 0 Å². The molecule has 0 unspecified atom stereocenters. The second kappa shape index (κ2) is 15.1. The fourth-order valence-corrected chi connectivity index (χ4v) is 9.19. The average molecular weight is 756 g/mol. The Morgan fingerprint density at radius 3 is 2.10 bits per heavy atom. The first kappa shape index (κ1) is 39.2. The number of aryl methyl sites for hydroxylation is 2. The third-order valence-corrected chi connectivity index (χ3v) is 12.6. The molecule has 0 spiro atoms. The van der Waals surface area contributed by atoms with Crippen LogP contribution in [-0.4, -0.2) is 60.8 Å². The van der Waals surface area contributed by atoms with Gasteiger partial charge in [0.2, 0.25) is 5.69 Å². The minimum atomic E-state index is -4.00. The smallest absolute Gasteiger partial charge is 0.264 e. The molecule has 276 valence electrons. The third-order valence-electron chi connectivity index (χ3n) is 10.5. The summed E-state index contributed by atoms with van der Waals surface area (Å²) in [5, 5.41) is 0.752. The predicted octanol–water partition coefficient (Wildman–Crippen LogP) is 8.86. The lowest BCUT2D eigenvalue weighted by atomic mass is 9.80. The SMILES string of the molecule is Cc1ccc2c(c1)C(C)(C)C(/C=C/C1=C(Cl)C(=C/C=C3/N(CCCCS(=O)(=O)O)c4ccc(C)cc4C3(C)C)/CCC1)=[N+]2CCCCS(=O)(=O)O. The summed E-state index contributed by atoms with van der Waals surface area (Å²) in [5.74, 6) is -0.503. The molecule has 1 aliphatic carbocycles. The van der Waals surface area contributed by atoms with Crippen LogP contribution in [0, 0.1) is 13.8 Å². The molecule has 51 heavy (non-hydrogen) atoms. The zero-order valence-corrected chi connectivity index (χ0v) is 33.1. The fourth-order valence-electron chi connectivity index (χ4n) is 7.74. The van der Waals surface area contributed by atoms with Crippen LogP contribution in [-0.2, 0) is 31.1 Å². The minimum absolute atomic E-state index is 0.251. The zero-order valence-electron chi connectivity index (χ0n) is 30.7. The molecule has 3 aliphatic rings. The zero-order chi connectivity index (χ0) is 37.4. The quantitative estimate of drug-likeness (QED) is 0.119. The van der Waals surface area contributed by atoms with Crippen LogP contribution in [0.5, 0.6) is 0 Å². The van der Waals surface area contributed by atoms with Crippen LogP contribution in [0.25, 0.3) is 0 Å². The lowest BCUT2D eigenvalue weighted by molar-refractivity contribution is -0.438. The van der Waals surface area contributed by atoms with Gasteiger partial charge in [-0.25, -0.2) is 0 Å². The molecular formula is C40H52ClN2O6S2+. The van der Waals surface area contributed by atoms with Crippen molar-refractivity contribution in [2.45, 2.75) is 97.3 Å². The van der Waals surface area contributed by atoms with Gasteiger partial charge in [-0.2, -0.15) is 21.4 Å². The molecule has 0 fully saturated rings. The van der Waals surface area contributed by atoms with Crippen LogP contribution in [0.4, 0.5) is 11.4 Å². The van der Waals surface area contributed by atoms with Crippen molar-refractivity contribution in [1.29, 1.82) is 0 Å². The molecule has 2 aromatic rings. The van der Waals surface area contributed by atoms with Gasteiger partial charge in [0.1, 0.15) is 6.54 Å². The van der Waals surface area contributed by atoms with Crippen LogP contribution in [0.15, 0.2) is 82.6 Å². The van der Waals surface area contributed by atoms with Crippen LogP contribution in [0.1, 0.15) is 94.9 Å². The number of fused-ring (bicyclic) bond motifs is 2. The van der Waals surface area contributed by atoms with E-state index in [1.807, 2.05) is 0 Å². The van der Waals surface area contributed by atoms with Crippen LogP contribution >= 0.6 is 11.6 Å². The number of hydrogen-bond acceptors (Lipinski definition) is 5. The number of allylic oxidation sites excluding steroid dienone is 8. The molecule has 5 rings (SSSR count). The Morgan fingerprint density at radius 1 is 0.804 bits per heavy atom. The maximum absolute atomic E-state index is 11.4. The van der Waals surface area contributed by atoms with E-state index >= 15 is 0 Å². The van der Waals surface area contributed by atoms with E-state index < -0.39 is 20.2 Å². The molecular weight excluding hydrogens is 704 g/mol. The van der Waals surface area contributed by atoms with Gasteiger partial charge in [-0.15, -0.1) is 0 Å². The summed E-state index contributed by atoms with van der Waals surface area (Å²) in [6.45, 7) is 14.3. The van der Waals surface area contributed by atoms with Gasteiger partial charge in [-0.05, 0) is 101 Å². The molecule has 0 radical (unpaired) electrons. The number of hydrogen-bond donors (Lipinski definition) is 2. The van der Waals surface area contributed by atoms with Crippen molar-refractivity contribution in [2.24, 2.45) is 0 Å². The molecule has 0 saturated heterocycles. The fraction of sp³-hybridized carbons (Fsp3) is 0.475. The van der Waals surface area contributed by atoms with Crippen molar-refractivity contribution >= 4 is 48.9 Å². The molecule has 2 aliphatic heterocycles. The number of halogens is 1. The molecule has 0 amide bonds. The van der Waals surface area contributed by atoms with E-state index in [1.54, 1.807) is 0 Å². The highest BCUT2D eigenvalue weighted by molar-refractivity contribution is 7.86. The molecule has 2 aromatic carbocycles. The highest BCUT2D eigenvalue weighted by atomic mass is 35.5. The van der Waals surface area contributed by atoms with Crippen LogP contribution < -0.4 is 4.90 Å². The van der Waals surface area contributed by atoms with E-state index in [4.69, 9.17) is 11.6 Å². The van der Waals surface area contributed by atoms with E-state index in [2.05, 4.69) is 112 Å². The van der Waals surface area contributed by atoms with Gasteiger partial charge in [-0.3, -0.25) is 9.11 Å². The Balaban J connectivity index is 1.46. The highest BCUT2D eigenvalue weighted by Gasteiger charge is 2.44. The van der Waals surface area contributed by atoms with Gasteiger partial charge in [0, 0.05) is 52.5 Å². The number of anilines is 1. The van der Waals surface area contributed by atoms with Crippen molar-refractivity contribution in [2.75, 3.05) is 29.5 Å². The van der Waals surface area contributed by atoms with E-state index in [1.165, 1.54) is 22.3 Å². The van der Waals surface area contributed by atoms with Crippen molar-refractivity contribution in [3.63, 3.8) is 0 Å². The lowest BCUT2D eigenvalue weighted by Crippen LogP contribution is -2.28. The largest absolute Gasteiger partial charge is 0.344 e. The van der Waals surface area contributed by atoms with Gasteiger partial charge in [0.25, 0.3) is 20.2 Å². The summed E-state index contributed by atoms with van der Waals surface area (Å²) in [6.07, 6.45) is 13.3. The monoisotopic (exact) mass is 755 g/mol. The average Bonchev–Trinajstić information content (AvgIpc) is 3.36. The van der Waals surface area contributed by atoms with Crippen molar-refractivity contribution < 1.29 is 30.5 Å². The molecule has 8 nitrogen and oxygen atoms in total. The van der Waals surface area contributed by atoms with E-state index in [-0.39, 0.29) is 22.3 Å². The maximum atomic E-state index is 11.4. The first-order valence-corrected chi connectivity index (χ1v) is 21.4. The molecule has 0 bridgehead atoms. The summed E-state index contributed by atoms with van der Waals surface area (Å²) >= 11 is 7.18. The van der Waals surface area contributed by atoms with Gasteiger partial charge in [-0.1, -0.05) is 66.9 Å². The summed E-state index contributed by atoms with van der Waals surface area (Å²) in [7, 11) is -8.01. The Bertz CT molecular complexity index is 2070. The van der Waals surface area contributed by atoms with Crippen LogP contribution in [0.2, 0.25) is 0 Å². The third kappa shape index (κ3) is 8.96. The number of nitrogens with zero attached hydrogens (tertiary/aromatic N) is 2. The van der Waals surface area contributed by atoms with Crippen LogP contribution in [0.3, 0.4) is 0 Å². The first-order chi connectivity index (χ1) is 23.8. The lowest BCUT2D eigenvalue weighted by Gasteiger charge is -2.27.